The Kier molecular flexibility index (Phi) is 2.84. The summed E-state index contributed by atoms with van der Waals surface area (Å²) in [6.45, 7) is 3.80. The van der Waals surface area contributed by atoms with Gasteiger partial charge in [-0.2, -0.15) is 5.10 Å². The molecule has 4 rings (SSSR count). The second kappa shape index (κ2) is 4.58. The number of carbonyl (C=O) groups is 1. The summed E-state index contributed by atoms with van der Waals surface area (Å²) in [7, 11) is 0. The Bertz CT molecular complexity index is 483. The van der Waals surface area contributed by atoms with Gasteiger partial charge >= 0.3 is 0 Å². The monoisotopic (exact) mass is 275 g/mol. The number of hydrogen-bond donors (Lipinski definition) is 0. The van der Waals surface area contributed by atoms with E-state index in [2.05, 4.69) is 10.00 Å². The fourth-order valence-corrected chi connectivity index (χ4v) is 4.29. The van der Waals surface area contributed by atoms with Gasteiger partial charge in [0.25, 0.3) is 0 Å². The van der Waals surface area contributed by atoms with Gasteiger partial charge in [-0.25, -0.2) is 0 Å². The number of fused-ring (bicyclic) bond motifs is 5. The highest BCUT2D eigenvalue weighted by Crippen LogP contribution is 2.47. The van der Waals surface area contributed by atoms with E-state index in [1.807, 2.05) is 19.2 Å². The molecule has 3 fully saturated rings. The van der Waals surface area contributed by atoms with Gasteiger partial charge in [0.1, 0.15) is 6.04 Å². The second-order valence-corrected chi connectivity index (χ2v) is 6.27. The van der Waals surface area contributed by atoms with E-state index in [0.29, 0.717) is 24.0 Å². The van der Waals surface area contributed by atoms with E-state index in [0.717, 1.165) is 19.5 Å². The highest BCUT2D eigenvalue weighted by atomic mass is 16.5. The summed E-state index contributed by atoms with van der Waals surface area (Å²) in [4.78, 5) is 14.8. The standard InChI is InChI=1S/C15H21N3O2/c1-2-12(18-7-3-6-16-18)15(19)17-8-10-11(9-17)14-5-4-13(10)20-14/h3,6-7,10-14H,2,4-5,8-9H2,1H3/t10-,11+,12?,13+,14-. The predicted octanol–water partition coefficient (Wildman–Crippen LogP) is 1.47. The topological polar surface area (TPSA) is 47.4 Å². The molecule has 108 valence electrons. The van der Waals surface area contributed by atoms with E-state index in [1.165, 1.54) is 12.8 Å². The molecule has 0 radical (unpaired) electrons. The van der Waals surface area contributed by atoms with Crippen molar-refractivity contribution >= 4 is 5.91 Å². The molecule has 3 aliphatic rings. The van der Waals surface area contributed by atoms with E-state index >= 15 is 0 Å². The molecule has 1 aromatic rings. The van der Waals surface area contributed by atoms with Crippen molar-refractivity contribution in [1.29, 1.82) is 0 Å². The van der Waals surface area contributed by atoms with Gasteiger partial charge in [0, 0.05) is 37.3 Å². The van der Waals surface area contributed by atoms with Crippen LogP contribution in [0.2, 0.25) is 0 Å². The van der Waals surface area contributed by atoms with Crippen molar-refractivity contribution in [3.05, 3.63) is 18.5 Å². The van der Waals surface area contributed by atoms with Gasteiger partial charge in [-0.15, -0.1) is 0 Å². The van der Waals surface area contributed by atoms with E-state index in [1.54, 1.807) is 10.9 Å². The van der Waals surface area contributed by atoms with Crippen LogP contribution in [0.5, 0.6) is 0 Å². The number of ether oxygens (including phenoxy) is 1. The predicted molar refractivity (Wildman–Crippen MR) is 73.0 cm³/mol. The summed E-state index contributed by atoms with van der Waals surface area (Å²) in [6.07, 6.45) is 7.60. The van der Waals surface area contributed by atoms with Crippen molar-refractivity contribution in [1.82, 2.24) is 14.7 Å². The summed E-state index contributed by atoms with van der Waals surface area (Å²) in [5.41, 5.74) is 0. The third kappa shape index (κ3) is 1.72. The Labute approximate surface area is 118 Å². The van der Waals surface area contributed by atoms with Crippen molar-refractivity contribution in [2.24, 2.45) is 11.8 Å². The van der Waals surface area contributed by atoms with Crippen LogP contribution < -0.4 is 0 Å². The van der Waals surface area contributed by atoms with Crippen LogP contribution in [0.15, 0.2) is 18.5 Å². The van der Waals surface area contributed by atoms with Crippen LogP contribution in [0, 0.1) is 11.8 Å². The smallest absolute Gasteiger partial charge is 0.247 e. The van der Waals surface area contributed by atoms with Gasteiger partial charge < -0.3 is 9.64 Å². The third-order valence-corrected chi connectivity index (χ3v) is 5.28. The van der Waals surface area contributed by atoms with Gasteiger partial charge in [-0.3, -0.25) is 9.48 Å². The van der Waals surface area contributed by atoms with E-state index in [4.69, 9.17) is 4.74 Å². The Morgan fingerprint density at radius 3 is 2.60 bits per heavy atom. The number of aromatic nitrogens is 2. The fourth-order valence-electron chi connectivity index (χ4n) is 4.29. The largest absolute Gasteiger partial charge is 0.374 e. The van der Waals surface area contributed by atoms with Gasteiger partial charge in [0.05, 0.1) is 12.2 Å². The van der Waals surface area contributed by atoms with Gasteiger partial charge in [0.15, 0.2) is 0 Å². The quantitative estimate of drug-likeness (QED) is 0.839. The number of rotatable bonds is 3. The molecule has 3 aliphatic heterocycles. The number of hydrogen-bond acceptors (Lipinski definition) is 3. The molecule has 2 bridgehead atoms. The molecule has 20 heavy (non-hydrogen) atoms. The van der Waals surface area contributed by atoms with Crippen LogP contribution in [0.3, 0.4) is 0 Å². The first-order valence-corrected chi connectivity index (χ1v) is 7.71. The number of carbonyl (C=O) groups excluding carboxylic acids is 1. The maximum Gasteiger partial charge on any atom is 0.247 e. The molecule has 1 amide bonds. The molecule has 0 saturated carbocycles. The minimum absolute atomic E-state index is 0.151. The van der Waals surface area contributed by atoms with E-state index in [9.17, 15) is 4.79 Å². The Morgan fingerprint density at radius 1 is 1.35 bits per heavy atom. The van der Waals surface area contributed by atoms with Crippen LogP contribution in [-0.4, -0.2) is 45.9 Å². The fraction of sp³-hybridized carbons (Fsp3) is 0.733. The molecule has 0 aliphatic carbocycles. The minimum Gasteiger partial charge on any atom is -0.374 e. The number of amides is 1. The maximum atomic E-state index is 12.8. The molecule has 0 N–H and O–H groups in total. The second-order valence-electron chi connectivity index (χ2n) is 6.27. The molecule has 3 saturated heterocycles. The Balaban J connectivity index is 1.50. The summed E-state index contributed by atoms with van der Waals surface area (Å²) in [5.74, 6) is 1.38. The SMILES string of the molecule is CCC(C(=O)N1C[C@@H]2[C@H](C1)[C@H]1CC[C@@H]2O1)n1cccn1. The highest BCUT2D eigenvalue weighted by Gasteiger charge is 2.54. The molecule has 0 aromatic carbocycles. The minimum atomic E-state index is -0.151. The summed E-state index contributed by atoms with van der Waals surface area (Å²) in [5, 5.41) is 4.24. The zero-order chi connectivity index (χ0) is 13.7. The van der Waals surface area contributed by atoms with Crippen LogP contribution in [-0.2, 0) is 9.53 Å². The van der Waals surface area contributed by atoms with Crippen LogP contribution in [0.25, 0.3) is 0 Å². The van der Waals surface area contributed by atoms with Crippen molar-refractivity contribution in [2.45, 2.75) is 44.4 Å². The van der Waals surface area contributed by atoms with Crippen molar-refractivity contribution in [2.75, 3.05) is 13.1 Å². The highest BCUT2D eigenvalue weighted by molar-refractivity contribution is 5.80. The van der Waals surface area contributed by atoms with E-state index in [-0.39, 0.29) is 11.9 Å². The average molecular weight is 275 g/mol. The zero-order valence-electron chi connectivity index (χ0n) is 11.8. The van der Waals surface area contributed by atoms with Crippen molar-refractivity contribution in [3.63, 3.8) is 0 Å². The summed E-state index contributed by atoms with van der Waals surface area (Å²) < 4.78 is 7.76. The lowest BCUT2D eigenvalue weighted by atomic mass is 9.82. The van der Waals surface area contributed by atoms with E-state index < -0.39 is 0 Å². The molecule has 5 heteroatoms. The average Bonchev–Trinajstić information content (AvgIpc) is 3.21. The third-order valence-electron chi connectivity index (χ3n) is 5.28. The first kappa shape index (κ1) is 12.4. The summed E-state index contributed by atoms with van der Waals surface area (Å²) in [6, 6.07) is 1.73. The lowest BCUT2D eigenvalue weighted by Gasteiger charge is -2.24. The maximum absolute atomic E-state index is 12.8. The first-order chi connectivity index (χ1) is 9.78. The van der Waals surface area contributed by atoms with Gasteiger partial charge in [-0.05, 0) is 25.3 Å². The Hall–Kier alpha value is -1.36. The number of likely N-dealkylation sites (tertiary alicyclic amines) is 1. The lowest BCUT2D eigenvalue weighted by molar-refractivity contribution is -0.134. The van der Waals surface area contributed by atoms with Crippen LogP contribution in [0.1, 0.15) is 32.2 Å². The Morgan fingerprint density at radius 2 is 2.05 bits per heavy atom. The number of nitrogens with zero attached hydrogens (tertiary/aromatic N) is 3. The first-order valence-electron chi connectivity index (χ1n) is 7.71. The van der Waals surface area contributed by atoms with Gasteiger partial charge in [-0.1, -0.05) is 6.92 Å². The molecule has 4 heterocycles. The molecule has 1 aromatic heterocycles. The van der Waals surface area contributed by atoms with Crippen molar-refractivity contribution in [3.8, 4) is 0 Å². The van der Waals surface area contributed by atoms with Crippen LogP contribution in [0.4, 0.5) is 0 Å². The van der Waals surface area contributed by atoms with Crippen LogP contribution >= 0.6 is 0 Å². The molecule has 0 spiro atoms. The molecular weight excluding hydrogens is 254 g/mol. The van der Waals surface area contributed by atoms with Gasteiger partial charge in [0.2, 0.25) is 5.91 Å². The van der Waals surface area contributed by atoms with Crippen molar-refractivity contribution < 1.29 is 9.53 Å². The zero-order valence-corrected chi connectivity index (χ0v) is 11.8. The molecule has 5 nitrogen and oxygen atoms in total. The molecule has 5 atom stereocenters. The normalized spacial score (nSPS) is 36.4. The summed E-state index contributed by atoms with van der Waals surface area (Å²) >= 11 is 0. The molecular formula is C15H21N3O2. The molecule has 1 unspecified atom stereocenters. The lowest BCUT2D eigenvalue weighted by Crippen LogP contribution is -2.37.